The van der Waals surface area contributed by atoms with Gasteiger partial charge < -0.3 is 101 Å². The Morgan fingerprint density at radius 1 is 0.781 bits per heavy atom. The van der Waals surface area contributed by atoms with E-state index in [2.05, 4.69) is 36.1 Å². The molecule has 16 N–H and O–H groups in total. The van der Waals surface area contributed by atoms with E-state index in [1.54, 1.807) is 11.6 Å². The lowest BCUT2D eigenvalue weighted by Crippen LogP contribution is -2.64. The lowest BCUT2D eigenvalue weighted by Gasteiger charge is -2.34. The first-order valence-electron chi connectivity index (χ1n) is 32.4. The fourth-order valence-electron chi connectivity index (χ4n) is 12.6. The molecule has 3 saturated heterocycles. The number of phenolic OH excluding ortho intramolecular Hbond substituents is 1. The second kappa shape index (κ2) is 34.6. The van der Waals surface area contributed by atoms with Crippen LogP contribution in [0.15, 0.2) is 48.7 Å². The Morgan fingerprint density at radius 3 is 2.12 bits per heavy atom. The van der Waals surface area contributed by atoms with E-state index in [0.29, 0.717) is 19.4 Å². The topological polar surface area (TPSA) is 475 Å². The van der Waals surface area contributed by atoms with E-state index in [4.69, 9.17) is 19.6 Å². The Labute approximate surface area is 559 Å². The number of hydrogen-bond donors (Lipinski definition) is 16. The molecule has 5 heterocycles. The first kappa shape index (κ1) is 75.0. The normalized spacial score (nSPS) is 27.1. The first-order valence-corrected chi connectivity index (χ1v) is 34.6. The predicted molar refractivity (Wildman–Crippen MR) is 343 cm³/mol. The van der Waals surface area contributed by atoms with Crippen LogP contribution in [-0.2, 0) is 50.3 Å². The number of amides is 6. The molecule has 1 saturated carbocycles. The quantitative estimate of drug-likeness (QED) is 0.0225. The van der Waals surface area contributed by atoms with Gasteiger partial charge in [0.25, 0.3) is 0 Å². The molecule has 4 aromatic rings. The summed E-state index contributed by atoms with van der Waals surface area (Å²) in [6, 6.07) is -1.03. The Morgan fingerprint density at radius 2 is 1.46 bits per heavy atom. The van der Waals surface area contributed by atoms with Gasteiger partial charge in [-0.25, -0.2) is 9.50 Å². The summed E-state index contributed by atoms with van der Waals surface area (Å²) < 4.78 is 49.9. The van der Waals surface area contributed by atoms with Gasteiger partial charge in [-0.15, -0.1) is 0 Å². The van der Waals surface area contributed by atoms with Crippen LogP contribution in [0.25, 0.3) is 15.5 Å². The van der Waals surface area contributed by atoms with Crippen LogP contribution < -0.4 is 40.8 Å². The van der Waals surface area contributed by atoms with Crippen molar-refractivity contribution in [1.82, 2.24) is 56.3 Å². The molecule has 3 aliphatic heterocycles. The first-order chi connectivity index (χ1) is 45.7. The van der Waals surface area contributed by atoms with Crippen LogP contribution in [0.3, 0.4) is 0 Å². The number of unbranched alkanes of at least 4 members (excludes halogenated alkanes) is 3. The molecule has 8 rings (SSSR count). The molecule has 0 bridgehead atoms. The zero-order chi connectivity index (χ0) is 69.5. The standard InChI is InChI=1S/C62H91N11O21S2/c1-33-28-72-53(54(33)82)58(86)65-27-40(77)24-43(64-26-35-8-11-37(12-9-35)44-30-73-62(66-44)95-59(70-73)38-13-15-42(16-14-38)93-21-7-5-4-6-20-92-3)55(83)67-50(34(2)76)60(87)71-29-41(78)25-45(71)56(84)68-51(48(81)22-36-10-17-46(79)49(23-36)94-96(89,90)91)57(85)69-52(61(72)88)47(80)18-19-63-39(31-74)32-75/h10,13-17,23,30,33-35,37,39-41,43,45,47-48,50-54,63-64,74-82H,4-9,11-12,18-22,24-29,31-32H2,1-3H3,(H,65,86)(H,67,83)(H,68,84)(H,69,85)(H,89,90,91)/t33-,34+,35-,37-,40+,41+,43-,45-,47+,48+,50?,51-,52-,53-,54-/m0/s1. The molecular weight excluding hydrogens is 1300 g/mol. The van der Waals surface area contributed by atoms with Crippen LogP contribution in [0, 0.1) is 11.8 Å². The van der Waals surface area contributed by atoms with Crippen molar-refractivity contribution in [3.8, 4) is 27.8 Å². The lowest BCUT2D eigenvalue weighted by atomic mass is 9.80. The largest absolute Gasteiger partial charge is 0.504 e. The van der Waals surface area contributed by atoms with E-state index >= 15 is 0 Å². The number of fused-ring (bicyclic) bond motifs is 3. The van der Waals surface area contributed by atoms with Crippen molar-refractivity contribution in [1.29, 1.82) is 0 Å². The third-order valence-corrected chi connectivity index (χ3v) is 19.4. The van der Waals surface area contributed by atoms with Crippen molar-refractivity contribution in [2.45, 2.75) is 176 Å². The average Bonchev–Trinajstić information content (AvgIpc) is 1.66. The fourth-order valence-corrected chi connectivity index (χ4v) is 13.8. The maximum absolute atomic E-state index is 15.0. The van der Waals surface area contributed by atoms with Crippen LogP contribution in [-0.4, -0.2) is 264 Å². The zero-order valence-electron chi connectivity index (χ0n) is 53.7. The number of aliphatic hydroxyl groups excluding tert-OH is 8. The molecule has 4 aliphatic rings. The van der Waals surface area contributed by atoms with E-state index < -0.39 is 194 Å². The fraction of sp³-hybridized carbons (Fsp3) is 0.645. The number of benzene rings is 2. The van der Waals surface area contributed by atoms with Gasteiger partial charge in [0.05, 0.1) is 80.4 Å². The molecule has 532 valence electrons. The minimum Gasteiger partial charge on any atom is -0.504 e. The number of aliphatic hydroxyl groups is 8. The molecule has 0 radical (unpaired) electrons. The number of hydrogen-bond acceptors (Lipinski definition) is 25. The van der Waals surface area contributed by atoms with Gasteiger partial charge in [0, 0.05) is 63.6 Å². The third-order valence-electron chi connectivity index (χ3n) is 18.0. The summed E-state index contributed by atoms with van der Waals surface area (Å²) in [5.74, 6) is -8.31. The monoisotopic (exact) mass is 1390 g/mol. The van der Waals surface area contributed by atoms with E-state index in [1.165, 1.54) is 25.2 Å². The summed E-state index contributed by atoms with van der Waals surface area (Å²) in [6.07, 6.45) is -3.36. The number of aromatic nitrogens is 3. The van der Waals surface area contributed by atoms with Gasteiger partial charge in [-0.2, -0.15) is 13.5 Å². The van der Waals surface area contributed by atoms with Crippen molar-refractivity contribution < 1.29 is 101 Å². The lowest BCUT2D eigenvalue weighted by molar-refractivity contribution is -0.147. The highest BCUT2D eigenvalue weighted by Crippen LogP contribution is 2.37. The van der Waals surface area contributed by atoms with Gasteiger partial charge in [0.1, 0.15) is 41.0 Å². The Kier molecular flexibility index (Phi) is 27.1. The molecule has 4 fully saturated rings. The number of ether oxygens (including phenoxy) is 2. The summed E-state index contributed by atoms with van der Waals surface area (Å²) in [7, 11) is -3.52. The molecule has 32 nitrogen and oxygen atoms in total. The number of nitrogens with zero attached hydrogens (tertiary/aromatic N) is 5. The number of rotatable bonds is 26. The number of β-amino-alcohol motifs (C(OH)–C–C–N with tert-alkyl or cyclic N) is 1. The van der Waals surface area contributed by atoms with Crippen molar-refractivity contribution >= 4 is 62.1 Å². The number of carbonyl (C=O) groups is 6. The second-order valence-electron chi connectivity index (χ2n) is 25.3. The highest BCUT2D eigenvalue weighted by molar-refractivity contribution is 7.81. The summed E-state index contributed by atoms with van der Waals surface area (Å²) in [5, 5.41) is 120. The van der Waals surface area contributed by atoms with Crippen molar-refractivity contribution in [3.63, 3.8) is 0 Å². The van der Waals surface area contributed by atoms with Gasteiger partial charge in [-0.3, -0.25) is 33.3 Å². The molecule has 2 aromatic carbocycles. The SMILES string of the molecule is COCCCCCCOc1ccc(-c2nn3cc([C@H]4CC[C@H](CN[C@H]5C[C@@H](O)CNC(=O)[C@@H]6[C@@H](O)[C@@H](C)CN6C(=O)[C@H]([C@H](O)CCNC(CO)CO)NC(=O)[C@H]([C@H](O)Cc6ccc(O)c(OS(=O)(=O)O)c6)NC(=O)[C@@H]6C[C@@H](O)CN6C(=O)C([C@@H](C)O)NC5=O)CC4)nc3s2)cc1. The van der Waals surface area contributed by atoms with Gasteiger partial charge in [0.2, 0.25) is 40.4 Å². The molecule has 1 aliphatic carbocycles. The summed E-state index contributed by atoms with van der Waals surface area (Å²) >= 11 is 1.47. The Bertz CT molecular complexity index is 3340. The van der Waals surface area contributed by atoms with Crippen LogP contribution in [0.4, 0.5) is 0 Å². The van der Waals surface area contributed by atoms with E-state index in [1.807, 2.05) is 30.5 Å². The summed E-state index contributed by atoms with van der Waals surface area (Å²) in [4.78, 5) is 95.6. The van der Waals surface area contributed by atoms with E-state index in [9.17, 15) is 87.7 Å². The minimum atomic E-state index is -5.22. The maximum atomic E-state index is 15.0. The smallest absolute Gasteiger partial charge is 0.446 e. The van der Waals surface area contributed by atoms with Gasteiger partial charge in [0.15, 0.2) is 11.5 Å². The second-order valence-corrected chi connectivity index (χ2v) is 27.3. The summed E-state index contributed by atoms with van der Waals surface area (Å²) in [6.45, 7) is 1.54. The van der Waals surface area contributed by atoms with Gasteiger partial charge in [-0.1, -0.05) is 30.7 Å². The predicted octanol–water partition coefficient (Wildman–Crippen LogP) is -2.65. The number of phenols is 1. The van der Waals surface area contributed by atoms with Crippen LogP contribution in [0.1, 0.15) is 102 Å². The van der Waals surface area contributed by atoms with Gasteiger partial charge in [-0.05, 0) is 126 Å². The molecule has 2 aromatic heterocycles. The van der Waals surface area contributed by atoms with Crippen LogP contribution in [0.5, 0.6) is 17.2 Å². The number of aromatic hydroxyl groups is 1. The molecule has 0 spiro atoms. The molecular formula is C62H91N11O21S2. The molecule has 34 heteroatoms. The number of carbonyl (C=O) groups excluding carboxylic acids is 6. The number of methoxy groups -OCH3 is 1. The van der Waals surface area contributed by atoms with Crippen LogP contribution in [0.2, 0.25) is 0 Å². The van der Waals surface area contributed by atoms with E-state index in [-0.39, 0.29) is 37.0 Å². The Hall–Kier alpha value is -6.77. The third kappa shape index (κ3) is 20.0. The highest BCUT2D eigenvalue weighted by Gasteiger charge is 2.50. The maximum Gasteiger partial charge on any atom is 0.446 e. The zero-order valence-corrected chi connectivity index (χ0v) is 55.4. The van der Waals surface area contributed by atoms with Crippen LogP contribution >= 0.6 is 11.3 Å². The molecule has 6 amide bonds. The van der Waals surface area contributed by atoms with Crippen molar-refractivity contribution in [2.24, 2.45) is 11.8 Å². The van der Waals surface area contributed by atoms with Crippen molar-refractivity contribution in [3.05, 3.63) is 59.9 Å². The molecule has 1 unspecified atom stereocenters. The average molecular weight is 1390 g/mol. The van der Waals surface area contributed by atoms with E-state index in [0.717, 1.165) is 100 Å². The minimum absolute atomic E-state index is 0.00996. The Balaban J connectivity index is 1.02. The highest BCUT2D eigenvalue weighted by atomic mass is 32.3. The summed E-state index contributed by atoms with van der Waals surface area (Å²) in [5.41, 5.74) is 1.72. The van der Waals surface area contributed by atoms with Gasteiger partial charge >= 0.3 is 10.4 Å². The number of imidazole rings is 1. The molecule has 13 atom stereocenters. The van der Waals surface area contributed by atoms with Crippen molar-refractivity contribution in [2.75, 3.05) is 66.3 Å². The molecule has 96 heavy (non-hydrogen) atoms. The number of nitrogens with one attached hydrogen (secondary N) is 6.